The molecule has 0 bridgehead atoms. The predicted molar refractivity (Wildman–Crippen MR) is 56.5 cm³/mol. The summed E-state index contributed by atoms with van der Waals surface area (Å²) >= 11 is 0. The summed E-state index contributed by atoms with van der Waals surface area (Å²) in [5.41, 5.74) is 0. The van der Waals surface area contributed by atoms with Gasteiger partial charge < -0.3 is 14.8 Å². The highest BCUT2D eigenvalue weighted by molar-refractivity contribution is 5.85. The maximum Gasteiger partial charge on any atom is 0.0414 e. The van der Waals surface area contributed by atoms with Crippen LogP contribution in [0.3, 0.4) is 0 Å². The number of aliphatic carboxylic acids is 1. The Balaban J connectivity index is -0.000000500. The fraction of sp³-hybridized carbons (Fsp3) is 0.875. The Morgan fingerprint density at radius 3 is 2.00 bits per heavy atom. The van der Waals surface area contributed by atoms with Crippen molar-refractivity contribution in [3.63, 3.8) is 0 Å². The largest absolute Gasteiger partial charge is 0.550 e. The number of hydrogen-bond donors (Lipinski definition) is 0. The third-order valence-electron chi connectivity index (χ3n) is 1.75. The molecule has 0 fully saturated rings. The van der Waals surface area contributed by atoms with E-state index in [2.05, 4.69) is 18.7 Å². The number of nitrogens with zero attached hydrogens (tertiary/aromatic N) is 1. The molecule has 3 nitrogen and oxygen atoms in total. The molecule has 0 rings (SSSR count). The van der Waals surface area contributed by atoms with Crippen LogP contribution in [0.1, 0.15) is 26.7 Å². The van der Waals surface area contributed by atoms with Crippen molar-refractivity contribution in [3.05, 3.63) is 0 Å². The highest BCUT2D eigenvalue weighted by atomic mass is 35.5. The quantitative estimate of drug-likeness (QED) is 0.675. The molecule has 0 aliphatic heterocycles. The maximum absolute atomic E-state index is 10.0. The summed E-state index contributed by atoms with van der Waals surface area (Å²) in [7, 11) is 0. The lowest BCUT2D eigenvalue weighted by Crippen LogP contribution is -2.27. The lowest BCUT2D eigenvalue weighted by atomic mass is 10.3. The van der Waals surface area contributed by atoms with E-state index in [1.165, 1.54) is 0 Å². The van der Waals surface area contributed by atoms with Crippen LogP contribution in [0, 0.1) is 0 Å². The Bertz CT molecular complexity index is 119. The van der Waals surface area contributed by atoms with E-state index in [1.807, 2.05) is 0 Å². The fourth-order valence-electron chi connectivity index (χ4n) is 0.987. The van der Waals surface area contributed by atoms with Crippen LogP contribution in [0.5, 0.6) is 0 Å². The van der Waals surface area contributed by atoms with E-state index in [4.69, 9.17) is 0 Å². The van der Waals surface area contributed by atoms with E-state index in [1.54, 1.807) is 0 Å². The Morgan fingerprint density at radius 2 is 1.69 bits per heavy atom. The van der Waals surface area contributed by atoms with Gasteiger partial charge in [-0.25, -0.2) is 0 Å². The molecule has 0 unspecified atom stereocenters. The van der Waals surface area contributed by atoms with Gasteiger partial charge in [-0.2, -0.15) is 0 Å². The molecule has 0 amide bonds. The summed E-state index contributed by atoms with van der Waals surface area (Å²) in [5.74, 6) is -0.947. The second kappa shape index (κ2) is 12.0. The number of carboxylic acid groups (broad SMARTS) is 1. The molecule has 0 N–H and O–H groups in total. The van der Waals surface area contributed by atoms with Gasteiger partial charge in [-0.15, -0.1) is 24.8 Å². The second-order valence-corrected chi connectivity index (χ2v) is 2.50. The van der Waals surface area contributed by atoms with Crippen LogP contribution in [-0.2, 0) is 4.79 Å². The van der Waals surface area contributed by atoms with Gasteiger partial charge in [0.15, 0.2) is 0 Å². The zero-order valence-corrected chi connectivity index (χ0v) is 9.75. The van der Waals surface area contributed by atoms with Gasteiger partial charge in [-0.1, -0.05) is 13.8 Å². The van der Waals surface area contributed by atoms with Crippen LogP contribution in [0.25, 0.3) is 0 Å². The Hall–Kier alpha value is 0.01000. The lowest BCUT2D eigenvalue weighted by Gasteiger charge is -2.17. The minimum Gasteiger partial charge on any atom is -0.550 e. The number of halogens is 2. The predicted octanol–water partition coefficient (Wildman–Crippen LogP) is 0.702. The normalized spacial score (nSPS) is 8.85. The van der Waals surface area contributed by atoms with Crippen LogP contribution >= 0.6 is 24.8 Å². The molecule has 13 heavy (non-hydrogen) atoms. The zero-order valence-electron chi connectivity index (χ0n) is 8.12. The molecule has 0 aromatic carbocycles. The van der Waals surface area contributed by atoms with Gasteiger partial charge in [-0.05, 0) is 32.5 Å². The third-order valence-corrected chi connectivity index (χ3v) is 1.75. The molecule has 0 saturated heterocycles. The number of carbonyl (C=O) groups excluding carboxylic acids is 1. The van der Waals surface area contributed by atoms with E-state index in [9.17, 15) is 9.90 Å². The van der Waals surface area contributed by atoms with Crippen molar-refractivity contribution in [2.45, 2.75) is 26.7 Å². The molecule has 0 aliphatic carbocycles. The third kappa shape index (κ3) is 12.0. The standard InChI is InChI=1S/C8H17NO2.2ClH/c1-3-9(4-2)7-5-6-8(10)11;;/h3-7H2,1-2H3,(H,10,11);2*1H/p-1. The van der Waals surface area contributed by atoms with Crippen molar-refractivity contribution in [1.29, 1.82) is 0 Å². The van der Waals surface area contributed by atoms with Crippen molar-refractivity contribution in [1.82, 2.24) is 4.90 Å². The van der Waals surface area contributed by atoms with Crippen molar-refractivity contribution < 1.29 is 9.90 Å². The molecule has 0 aromatic rings. The van der Waals surface area contributed by atoms with Gasteiger partial charge in [0.25, 0.3) is 0 Å². The van der Waals surface area contributed by atoms with Crippen LogP contribution in [-0.4, -0.2) is 30.5 Å². The van der Waals surface area contributed by atoms with Gasteiger partial charge >= 0.3 is 0 Å². The average Bonchev–Trinajstić information content (AvgIpc) is 1.98. The SMILES string of the molecule is CCN(CC)CCCC(=O)[O-].Cl.Cl. The average molecular weight is 231 g/mol. The van der Waals surface area contributed by atoms with Crippen molar-refractivity contribution >= 4 is 30.8 Å². The van der Waals surface area contributed by atoms with E-state index in [-0.39, 0.29) is 31.2 Å². The minimum absolute atomic E-state index is 0. The molecule has 0 radical (unpaired) electrons. The van der Waals surface area contributed by atoms with Crippen LogP contribution in [0.2, 0.25) is 0 Å². The lowest BCUT2D eigenvalue weighted by molar-refractivity contribution is -0.305. The van der Waals surface area contributed by atoms with Crippen LogP contribution in [0.4, 0.5) is 0 Å². The molecule has 0 aliphatic rings. The first-order valence-corrected chi connectivity index (χ1v) is 4.12. The summed E-state index contributed by atoms with van der Waals surface area (Å²) in [4.78, 5) is 12.2. The number of carboxylic acids is 1. The van der Waals surface area contributed by atoms with Crippen molar-refractivity contribution in [3.8, 4) is 0 Å². The summed E-state index contributed by atoms with van der Waals surface area (Å²) < 4.78 is 0. The number of rotatable bonds is 6. The summed E-state index contributed by atoms with van der Waals surface area (Å²) in [6.45, 7) is 6.99. The summed E-state index contributed by atoms with van der Waals surface area (Å²) in [6, 6.07) is 0. The van der Waals surface area contributed by atoms with E-state index in [0.717, 1.165) is 19.6 Å². The number of hydrogen-bond acceptors (Lipinski definition) is 3. The highest BCUT2D eigenvalue weighted by Gasteiger charge is 1.97. The second-order valence-electron chi connectivity index (χ2n) is 2.50. The summed E-state index contributed by atoms with van der Waals surface area (Å²) in [6.07, 6.45) is 0.876. The Morgan fingerprint density at radius 1 is 1.23 bits per heavy atom. The molecular weight excluding hydrogens is 213 g/mol. The zero-order chi connectivity index (χ0) is 8.69. The van der Waals surface area contributed by atoms with Gasteiger partial charge in [0.2, 0.25) is 0 Å². The van der Waals surface area contributed by atoms with Gasteiger partial charge in [0.1, 0.15) is 0 Å². The highest BCUT2D eigenvalue weighted by Crippen LogP contribution is 1.93. The van der Waals surface area contributed by atoms with Crippen molar-refractivity contribution in [2.24, 2.45) is 0 Å². The molecule has 82 valence electrons. The fourth-order valence-corrected chi connectivity index (χ4v) is 0.987. The topological polar surface area (TPSA) is 43.4 Å². The van der Waals surface area contributed by atoms with Gasteiger partial charge in [0, 0.05) is 5.97 Å². The van der Waals surface area contributed by atoms with E-state index in [0.29, 0.717) is 6.42 Å². The smallest absolute Gasteiger partial charge is 0.0414 e. The minimum atomic E-state index is -0.947. The Labute approximate surface area is 92.3 Å². The first kappa shape index (κ1) is 18.7. The first-order chi connectivity index (χ1) is 5.20. The molecule has 5 heteroatoms. The maximum atomic E-state index is 10.0. The summed E-state index contributed by atoms with van der Waals surface area (Å²) in [5, 5.41) is 10.0. The van der Waals surface area contributed by atoms with Crippen LogP contribution < -0.4 is 5.11 Å². The van der Waals surface area contributed by atoms with Gasteiger partial charge in [0.05, 0.1) is 0 Å². The van der Waals surface area contributed by atoms with Gasteiger partial charge in [-0.3, -0.25) is 0 Å². The monoisotopic (exact) mass is 230 g/mol. The molecule has 0 heterocycles. The molecule has 0 saturated carbocycles. The molecule has 0 aromatic heterocycles. The van der Waals surface area contributed by atoms with E-state index >= 15 is 0 Å². The van der Waals surface area contributed by atoms with Crippen molar-refractivity contribution in [2.75, 3.05) is 19.6 Å². The van der Waals surface area contributed by atoms with Crippen LogP contribution in [0.15, 0.2) is 0 Å². The first-order valence-electron chi connectivity index (χ1n) is 4.12. The Kier molecular flexibility index (Phi) is 17.3. The molecular formula is C8H18Cl2NO2-. The van der Waals surface area contributed by atoms with E-state index < -0.39 is 5.97 Å². The molecule has 0 atom stereocenters. The number of carbonyl (C=O) groups is 1. The molecule has 0 spiro atoms.